The van der Waals surface area contributed by atoms with Gasteiger partial charge in [0.2, 0.25) is 0 Å². The van der Waals surface area contributed by atoms with E-state index < -0.39 is 17.5 Å². The van der Waals surface area contributed by atoms with Crippen molar-refractivity contribution in [2.75, 3.05) is 14.2 Å². The molecule has 0 spiro atoms. The molecule has 0 saturated carbocycles. The van der Waals surface area contributed by atoms with Gasteiger partial charge in [0, 0.05) is 29.2 Å². The third-order valence-electron chi connectivity index (χ3n) is 6.25. The minimum atomic E-state index is -2.00. The van der Waals surface area contributed by atoms with Crippen LogP contribution in [0, 0.1) is 6.92 Å². The van der Waals surface area contributed by atoms with E-state index in [0.29, 0.717) is 56.0 Å². The van der Waals surface area contributed by atoms with Crippen molar-refractivity contribution < 1.29 is 29.0 Å². The van der Waals surface area contributed by atoms with Gasteiger partial charge in [0.25, 0.3) is 0 Å². The molecule has 160 valence electrons. The van der Waals surface area contributed by atoms with E-state index in [1.54, 1.807) is 12.1 Å². The van der Waals surface area contributed by atoms with Gasteiger partial charge in [0.15, 0.2) is 17.0 Å². The molecule has 2 aliphatic carbocycles. The van der Waals surface area contributed by atoms with E-state index in [0.717, 1.165) is 11.1 Å². The second-order valence-electron chi connectivity index (χ2n) is 8.41. The molecule has 1 aromatic heterocycles. The molecule has 2 atom stereocenters. The number of benzene rings is 2. The summed E-state index contributed by atoms with van der Waals surface area (Å²) in [6, 6.07) is 3.50. The van der Waals surface area contributed by atoms with Gasteiger partial charge in [-0.15, -0.1) is 0 Å². The predicted octanol–water partition coefficient (Wildman–Crippen LogP) is 3.80. The molecule has 2 aromatic carbocycles. The number of aliphatic hydroxyl groups excluding tert-OH is 1. The minimum Gasteiger partial charge on any atom is -0.496 e. The molecule has 7 nitrogen and oxygen atoms in total. The molecular weight excluding hydrogens is 398 g/mol. The van der Waals surface area contributed by atoms with Gasteiger partial charge >= 0.3 is 0 Å². The van der Waals surface area contributed by atoms with Gasteiger partial charge in [-0.1, -0.05) is 16.8 Å². The fraction of sp³-hybridized carbons (Fsp3) is 0.333. The summed E-state index contributed by atoms with van der Waals surface area (Å²) in [5, 5.41) is 27.8. The first kappa shape index (κ1) is 19.8. The predicted molar refractivity (Wildman–Crippen MR) is 114 cm³/mol. The van der Waals surface area contributed by atoms with Crippen LogP contribution in [0.5, 0.6) is 11.5 Å². The average molecular weight is 421 g/mol. The van der Waals surface area contributed by atoms with E-state index in [2.05, 4.69) is 5.16 Å². The number of Topliss-reactive ketones (excluding diaryl/α,β-unsaturated/α-hetero) is 1. The van der Waals surface area contributed by atoms with Crippen LogP contribution in [0.3, 0.4) is 0 Å². The van der Waals surface area contributed by atoms with Crippen LogP contribution in [-0.4, -0.2) is 35.4 Å². The first-order valence-corrected chi connectivity index (χ1v) is 10.1. The Morgan fingerprint density at radius 3 is 2.58 bits per heavy atom. The highest BCUT2D eigenvalue weighted by atomic mass is 16.5. The van der Waals surface area contributed by atoms with Crippen molar-refractivity contribution in [3.63, 3.8) is 0 Å². The lowest BCUT2D eigenvalue weighted by atomic mass is 9.65. The lowest BCUT2D eigenvalue weighted by molar-refractivity contribution is -0.138. The van der Waals surface area contributed by atoms with Crippen molar-refractivity contribution in [1.82, 2.24) is 5.16 Å². The zero-order chi connectivity index (χ0) is 22.2. The standard InChI is InChI=1S/C24H23NO6/c1-10(2)6-12-14(29-4)9-15(30-5)19-21(12)24(28)17(27)8-13(26)18-11(3)7-16-20(22(18)24)23(19)25-31-16/h6-7,9,13,26,28H,8H2,1-5H3/t13?,24-/m0/s1. The van der Waals surface area contributed by atoms with Crippen LogP contribution in [0.25, 0.3) is 28.3 Å². The summed E-state index contributed by atoms with van der Waals surface area (Å²) < 4.78 is 16.9. The molecule has 0 radical (unpaired) electrons. The first-order chi connectivity index (χ1) is 14.7. The number of fused-ring (bicyclic) bond motifs is 3. The largest absolute Gasteiger partial charge is 0.496 e. The van der Waals surface area contributed by atoms with Crippen molar-refractivity contribution >= 4 is 22.8 Å². The summed E-state index contributed by atoms with van der Waals surface area (Å²) in [6.45, 7) is 5.67. The van der Waals surface area contributed by atoms with E-state index in [9.17, 15) is 15.0 Å². The Morgan fingerprint density at radius 1 is 1.23 bits per heavy atom. The molecule has 0 amide bonds. The zero-order valence-corrected chi connectivity index (χ0v) is 18.0. The normalized spacial score (nSPS) is 21.1. The van der Waals surface area contributed by atoms with Gasteiger partial charge in [-0.3, -0.25) is 4.79 Å². The maximum atomic E-state index is 13.5. The number of carbonyl (C=O) groups is 1. The van der Waals surface area contributed by atoms with E-state index in [1.807, 2.05) is 26.8 Å². The number of allylic oxidation sites excluding steroid dienone is 1. The Bertz CT molecular complexity index is 1310. The summed E-state index contributed by atoms with van der Waals surface area (Å²) >= 11 is 0. The van der Waals surface area contributed by atoms with Crippen molar-refractivity contribution in [1.29, 1.82) is 0 Å². The van der Waals surface area contributed by atoms with Crippen molar-refractivity contribution in [2.45, 2.75) is 38.9 Å². The van der Waals surface area contributed by atoms with Gasteiger partial charge in [-0.2, -0.15) is 0 Å². The molecule has 7 heteroatoms. The van der Waals surface area contributed by atoms with Crippen LogP contribution in [0.15, 0.2) is 22.2 Å². The summed E-state index contributed by atoms with van der Waals surface area (Å²) in [5.41, 5.74) is 2.87. The second kappa shape index (κ2) is 6.42. The Hall–Kier alpha value is -3.16. The van der Waals surface area contributed by atoms with E-state index >= 15 is 0 Å². The fourth-order valence-electron chi connectivity index (χ4n) is 5.08. The minimum absolute atomic E-state index is 0.205. The van der Waals surface area contributed by atoms with Gasteiger partial charge in [-0.05, 0) is 38.0 Å². The lowest BCUT2D eigenvalue weighted by Crippen LogP contribution is -2.45. The molecule has 0 saturated heterocycles. The SMILES string of the molecule is COc1cc(OC)c2c(c1C=C(C)C)[C@@]1(O)C(=O)CC(O)c3c(C)cc4onc-2c4c31. The quantitative estimate of drug-likeness (QED) is 0.663. The number of nitrogens with zero attached hydrogens (tertiary/aromatic N) is 1. The van der Waals surface area contributed by atoms with E-state index in [-0.39, 0.29) is 6.42 Å². The van der Waals surface area contributed by atoms with E-state index in [4.69, 9.17) is 14.0 Å². The number of hydrogen-bond donors (Lipinski definition) is 2. The molecule has 1 unspecified atom stereocenters. The Kier molecular flexibility index (Phi) is 4.10. The summed E-state index contributed by atoms with van der Waals surface area (Å²) in [6.07, 6.45) is 0.644. The summed E-state index contributed by atoms with van der Waals surface area (Å²) in [7, 11) is 3.04. The second-order valence-corrected chi connectivity index (χ2v) is 8.41. The number of methoxy groups -OCH3 is 2. The van der Waals surface area contributed by atoms with Gasteiger partial charge < -0.3 is 24.2 Å². The molecule has 5 rings (SSSR count). The molecule has 2 N–H and O–H groups in total. The Morgan fingerprint density at radius 2 is 1.94 bits per heavy atom. The Labute approximate surface area is 178 Å². The van der Waals surface area contributed by atoms with Crippen LogP contribution >= 0.6 is 0 Å². The van der Waals surface area contributed by atoms with Crippen molar-refractivity contribution in [2.24, 2.45) is 0 Å². The zero-order valence-electron chi connectivity index (χ0n) is 18.0. The van der Waals surface area contributed by atoms with Gasteiger partial charge in [0.05, 0.1) is 31.3 Å². The smallest absolute Gasteiger partial charge is 0.176 e. The van der Waals surface area contributed by atoms with Gasteiger partial charge in [-0.25, -0.2) is 0 Å². The third-order valence-corrected chi connectivity index (χ3v) is 6.25. The third kappa shape index (κ3) is 2.36. The highest BCUT2D eigenvalue weighted by Crippen LogP contribution is 2.58. The molecule has 2 aliphatic rings. The van der Waals surface area contributed by atoms with Crippen LogP contribution in [0.2, 0.25) is 0 Å². The maximum absolute atomic E-state index is 13.5. The van der Waals surface area contributed by atoms with Crippen LogP contribution in [0.4, 0.5) is 0 Å². The number of carbonyl (C=O) groups excluding carboxylic acids is 1. The molecule has 0 bridgehead atoms. The topological polar surface area (TPSA) is 102 Å². The van der Waals surface area contributed by atoms with Gasteiger partial charge in [0.1, 0.15) is 17.2 Å². The number of aryl methyl sites for hydroxylation is 1. The maximum Gasteiger partial charge on any atom is 0.176 e. The molecule has 0 aliphatic heterocycles. The monoisotopic (exact) mass is 421 g/mol. The summed E-state index contributed by atoms with van der Waals surface area (Å²) in [4.78, 5) is 13.5. The molecule has 3 aromatic rings. The Balaban J connectivity index is 2.09. The highest BCUT2D eigenvalue weighted by Gasteiger charge is 2.54. The van der Waals surface area contributed by atoms with Crippen LogP contribution in [-0.2, 0) is 10.4 Å². The lowest BCUT2D eigenvalue weighted by Gasteiger charge is -2.41. The number of rotatable bonds is 3. The van der Waals surface area contributed by atoms with Crippen molar-refractivity contribution in [3.8, 4) is 22.8 Å². The first-order valence-electron chi connectivity index (χ1n) is 10.1. The number of hydrogen-bond acceptors (Lipinski definition) is 7. The van der Waals surface area contributed by atoms with E-state index in [1.165, 1.54) is 14.2 Å². The summed E-state index contributed by atoms with van der Waals surface area (Å²) in [5.74, 6) is 0.376. The number of ketones is 1. The molecule has 0 fully saturated rings. The fourth-order valence-corrected chi connectivity index (χ4v) is 5.08. The number of ether oxygens (including phenoxy) is 2. The molecule has 1 heterocycles. The molecule has 31 heavy (non-hydrogen) atoms. The van der Waals surface area contributed by atoms with Crippen LogP contribution in [0.1, 0.15) is 54.2 Å². The molecular formula is C24H23NO6. The number of aromatic nitrogens is 1. The highest BCUT2D eigenvalue weighted by molar-refractivity contribution is 6.11. The van der Waals surface area contributed by atoms with Crippen molar-refractivity contribution in [3.05, 3.63) is 45.5 Å². The van der Waals surface area contributed by atoms with Crippen LogP contribution < -0.4 is 9.47 Å². The number of aliphatic hydroxyl groups is 2. The average Bonchev–Trinajstić information content (AvgIpc) is 3.13.